The van der Waals surface area contributed by atoms with Crippen LogP contribution in [0.15, 0.2) is 16.9 Å². The van der Waals surface area contributed by atoms with Crippen molar-refractivity contribution in [1.82, 2.24) is 14.5 Å². The first kappa shape index (κ1) is 15.7. The van der Waals surface area contributed by atoms with Gasteiger partial charge in [0, 0.05) is 11.6 Å². The average Bonchev–Trinajstić information content (AvgIpc) is 2.82. The van der Waals surface area contributed by atoms with Crippen molar-refractivity contribution in [2.75, 3.05) is 0 Å². The Kier molecular flexibility index (Phi) is 4.16. The lowest BCUT2D eigenvalue weighted by molar-refractivity contribution is -0.146. The number of rotatable bonds is 3. The number of aliphatic carboxylic acids is 1. The second-order valence-electron chi connectivity index (χ2n) is 5.94. The van der Waals surface area contributed by atoms with Crippen LogP contribution >= 0.6 is 27.5 Å². The number of nitrogens with zero attached hydrogens (tertiary/aromatic N) is 3. The van der Waals surface area contributed by atoms with Crippen molar-refractivity contribution >= 4 is 44.5 Å². The minimum absolute atomic E-state index is 0.174. The summed E-state index contributed by atoms with van der Waals surface area (Å²) in [6, 6.07) is 1.93. The molecule has 0 spiro atoms. The van der Waals surface area contributed by atoms with Crippen LogP contribution in [0.25, 0.3) is 11.0 Å². The Balaban J connectivity index is 2.26. The zero-order valence-electron chi connectivity index (χ0n) is 12.2. The van der Waals surface area contributed by atoms with E-state index in [2.05, 4.69) is 25.9 Å². The molecule has 0 aromatic carbocycles. The lowest BCUT2D eigenvalue weighted by atomic mass is 9.73. The van der Waals surface area contributed by atoms with Crippen LogP contribution in [0.3, 0.4) is 0 Å². The lowest BCUT2D eigenvalue weighted by Crippen LogP contribution is -2.45. The molecule has 1 unspecified atom stereocenters. The summed E-state index contributed by atoms with van der Waals surface area (Å²) in [6.07, 6.45) is 6.49. The van der Waals surface area contributed by atoms with Gasteiger partial charge in [-0.25, -0.2) is 4.98 Å². The van der Waals surface area contributed by atoms with Crippen molar-refractivity contribution in [3.63, 3.8) is 0 Å². The van der Waals surface area contributed by atoms with E-state index < -0.39 is 17.4 Å². The van der Waals surface area contributed by atoms with Crippen LogP contribution in [0.2, 0.25) is 5.28 Å². The van der Waals surface area contributed by atoms with Gasteiger partial charge in [0.2, 0.25) is 5.28 Å². The fraction of sp³-hybridized carbons (Fsp3) is 0.533. The molecule has 7 heteroatoms. The summed E-state index contributed by atoms with van der Waals surface area (Å²) in [6.45, 7) is 1.79. The van der Waals surface area contributed by atoms with Gasteiger partial charge in [0.1, 0.15) is 5.65 Å². The quantitative estimate of drug-likeness (QED) is 0.802. The first-order valence-corrected chi connectivity index (χ1v) is 8.55. The second-order valence-corrected chi connectivity index (χ2v) is 7.10. The number of hydrogen-bond acceptors (Lipinski definition) is 3. The van der Waals surface area contributed by atoms with E-state index in [-0.39, 0.29) is 5.28 Å². The summed E-state index contributed by atoms with van der Waals surface area (Å²) >= 11 is 9.54. The highest BCUT2D eigenvalue weighted by Gasteiger charge is 2.44. The maximum atomic E-state index is 11.7. The largest absolute Gasteiger partial charge is 0.481 e. The molecule has 0 saturated heterocycles. The Morgan fingerprint density at radius 1 is 1.45 bits per heavy atom. The standard InChI is InChI=1S/C15H17BrClN3O2/c1-9(13(21)22)15(5-3-2-4-6-15)20-11(16)7-10-8-18-14(17)19-12(10)20/h7-9H,2-6H2,1H3,(H,21,22). The first-order chi connectivity index (χ1) is 10.5. The van der Waals surface area contributed by atoms with Gasteiger partial charge in [-0.1, -0.05) is 19.3 Å². The predicted octanol–water partition coefficient (Wildman–Crippen LogP) is 4.23. The monoisotopic (exact) mass is 385 g/mol. The number of aromatic nitrogens is 3. The normalized spacial score (nSPS) is 19.2. The number of carboxylic acids is 1. The third-order valence-electron chi connectivity index (χ3n) is 4.81. The zero-order chi connectivity index (χ0) is 15.9. The maximum absolute atomic E-state index is 11.7. The van der Waals surface area contributed by atoms with Gasteiger partial charge in [0.25, 0.3) is 0 Å². The molecule has 3 rings (SSSR count). The molecular formula is C15H17BrClN3O2. The van der Waals surface area contributed by atoms with Gasteiger partial charge in [-0.3, -0.25) is 4.79 Å². The van der Waals surface area contributed by atoms with E-state index >= 15 is 0 Å². The van der Waals surface area contributed by atoms with Crippen LogP contribution < -0.4 is 0 Å². The van der Waals surface area contributed by atoms with Crippen LogP contribution in [0, 0.1) is 5.92 Å². The Morgan fingerprint density at radius 2 is 2.14 bits per heavy atom. The Bertz CT molecular complexity index is 725. The van der Waals surface area contributed by atoms with Gasteiger partial charge in [-0.05, 0) is 53.4 Å². The van der Waals surface area contributed by atoms with Crippen molar-refractivity contribution < 1.29 is 9.90 Å². The van der Waals surface area contributed by atoms with Crippen molar-refractivity contribution in [1.29, 1.82) is 0 Å². The summed E-state index contributed by atoms with van der Waals surface area (Å²) in [5, 5.41) is 10.7. The molecule has 2 aromatic rings. The molecule has 118 valence electrons. The molecule has 1 atom stereocenters. The molecule has 5 nitrogen and oxygen atoms in total. The maximum Gasteiger partial charge on any atom is 0.308 e. The summed E-state index contributed by atoms with van der Waals surface area (Å²) in [7, 11) is 0. The highest BCUT2D eigenvalue weighted by atomic mass is 79.9. The minimum atomic E-state index is -0.782. The molecule has 1 aliphatic rings. The lowest BCUT2D eigenvalue weighted by Gasteiger charge is -2.42. The highest BCUT2D eigenvalue weighted by molar-refractivity contribution is 9.10. The Hall–Kier alpha value is -1.14. The Morgan fingerprint density at radius 3 is 2.77 bits per heavy atom. The first-order valence-electron chi connectivity index (χ1n) is 7.38. The highest BCUT2D eigenvalue weighted by Crippen LogP contribution is 2.45. The van der Waals surface area contributed by atoms with E-state index in [1.165, 1.54) is 0 Å². The van der Waals surface area contributed by atoms with Gasteiger partial charge in [0.15, 0.2) is 0 Å². The van der Waals surface area contributed by atoms with Gasteiger partial charge in [-0.2, -0.15) is 4.98 Å². The molecule has 22 heavy (non-hydrogen) atoms. The average molecular weight is 387 g/mol. The summed E-state index contributed by atoms with van der Waals surface area (Å²) < 4.78 is 2.85. The fourth-order valence-electron chi connectivity index (χ4n) is 3.60. The molecule has 1 N–H and O–H groups in total. The van der Waals surface area contributed by atoms with Crippen LogP contribution in [0.5, 0.6) is 0 Å². The SMILES string of the molecule is CC(C(=O)O)C1(n2c(Br)cc3cnc(Cl)nc32)CCCCC1. The molecule has 1 aliphatic carbocycles. The Labute approximate surface area is 141 Å². The smallest absolute Gasteiger partial charge is 0.308 e. The number of halogens is 2. The van der Waals surface area contributed by atoms with E-state index in [1.54, 1.807) is 13.1 Å². The van der Waals surface area contributed by atoms with Crippen molar-refractivity contribution in [2.45, 2.75) is 44.6 Å². The predicted molar refractivity (Wildman–Crippen MR) is 88.1 cm³/mol. The van der Waals surface area contributed by atoms with Crippen LogP contribution in [-0.2, 0) is 10.3 Å². The van der Waals surface area contributed by atoms with E-state index in [0.29, 0.717) is 5.65 Å². The van der Waals surface area contributed by atoms with E-state index in [0.717, 1.165) is 42.1 Å². The summed E-state index contributed by atoms with van der Waals surface area (Å²) in [4.78, 5) is 20.1. The van der Waals surface area contributed by atoms with Crippen LogP contribution in [-0.4, -0.2) is 25.6 Å². The van der Waals surface area contributed by atoms with E-state index in [9.17, 15) is 9.90 Å². The minimum Gasteiger partial charge on any atom is -0.481 e. The molecule has 0 radical (unpaired) electrons. The molecule has 0 bridgehead atoms. The number of hydrogen-bond donors (Lipinski definition) is 1. The zero-order valence-corrected chi connectivity index (χ0v) is 14.6. The third kappa shape index (κ3) is 2.42. The molecule has 2 aromatic heterocycles. The molecule has 2 heterocycles. The van der Waals surface area contributed by atoms with Crippen molar-refractivity contribution in [2.24, 2.45) is 5.92 Å². The molecular weight excluding hydrogens is 370 g/mol. The number of carboxylic acid groups (broad SMARTS) is 1. The van der Waals surface area contributed by atoms with Gasteiger partial charge >= 0.3 is 5.97 Å². The van der Waals surface area contributed by atoms with Crippen molar-refractivity contribution in [3.05, 3.63) is 22.1 Å². The number of fused-ring (bicyclic) bond motifs is 1. The second kappa shape index (κ2) is 5.81. The summed E-state index contributed by atoms with van der Waals surface area (Å²) in [5.41, 5.74) is 0.212. The topological polar surface area (TPSA) is 68.0 Å². The molecule has 0 amide bonds. The third-order valence-corrected chi connectivity index (χ3v) is 5.57. The van der Waals surface area contributed by atoms with Crippen molar-refractivity contribution in [3.8, 4) is 0 Å². The van der Waals surface area contributed by atoms with Gasteiger partial charge in [0.05, 0.1) is 16.1 Å². The molecule has 1 fully saturated rings. The van der Waals surface area contributed by atoms with Gasteiger partial charge < -0.3 is 9.67 Å². The summed E-state index contributed by atoms with van der Waals surface area (Å²) in [5.74, 6) is -1.29. The number of carbonyl (C=O) groups is 1. The fourth-order valence-corrected chi connectivity index (χ4v) is 4.50. The molecule has 1 saturated carbocycles. The van der Waals surface area contributed by atoms with E-state index in [1.807, 2.05) is 10.6 Å². The van der Waals surface area contributed by atoms with Crippen LogP contribution in [0.1, 0.15) is 39.0 Å². The molecule has 0 aliphatic heterocycles. The van der Waals surface area contributed by atoms with E-state index in [4.69, 9.17) is 11.6 Å². The van der Waals surface area contributed by atoms with Gasteiger partial charge in [-0.15, -0.1) is 0 Å². The van der Waals surface area contributed by atoms with Crippen LogP contribution in [0.4, 0.5) is 0 Å².